The zero-order valence-corrected chi connectivity index (χ0v) is 13.9. The lowest BCUT2D eigenvalue weighted by Crippen LogP contribution is -2.03. The molecule has 3 N–H and O–H groups in total. The fraction of sp³-hybridized carbons (Fsp3) is 0.444. The smallest absolute Gasteiger partial charge is 0.337 e. The molecule has 1 unspecified atom stereocenters. The predicted molar refractivity (Wildman–Crippen MR) is 91.1 cm³/mol. The molecule has 0 saturated heterocycles. The number of rotatable bonds is 6. The van der Waals surface area contributed by atoms with E-state index >= 15 is 0 Å². The van der Waals surface area contributed by atoms with E-state index in [-0.39, 0.29) is 5.56 Å². The Kier molecular flexibility index (Phi) is 9.59. The van der Waals surface area contributed by atoms with Crippen molar-refractivity contribution in [1.82, 2.24) is 0 Å². The lowest BCUT2D eigenvalue weighted by Gasteiger charge is -2.03. The number of nitrogens with two attached hydrogens (primary N) is 1. The van der Waals surface area contributed by atoms with Crippen LogP contribution in [0.4, 0.5) is 5.69 Å². The van der Waals surface area contributed by atoms with Gasteiger partial charge in [-0.1, -0.05) is 30.7 Å². The normalized spacial score (nSPS) is 10.9. The van der Waals surface area contributed by atoms with Crippen LogP contribution in [0.2, 0.25) is 0 Å². The first kappa shape index (κ1) is 19.9. The van der Waals surface area contributed by atoms with Gasteiger partial charge in [0, 0.05) is 12.1 Å². The van der Waals surface area contributed by atoms with Gasteiger partial charge in [0.15, 0.2) is 0 Å². The lowest BCUT2D eigenvalue weighted by molar-refractivity contribution is -0.108. The molecular formula is C18H27NO3. The Morgan fingerprint density at radius 3 is 2.45 bits per heavy atom. The van der Waals surface area contributed by atoms with Gasteiger partial charge in [-0.3, -0.25) is 0 Å². The predicted octanol–water partition coefficient (Wildman–Crippen LogP) is 4.23. The van der Waals surface area contributed by atoms with Crippen molar-refractivity contribution in [2.45, 2.75) is 47.0 Å². The largest absolute Gasteiger partial charge is 0.478 e. The molecule has 1 aromatic rings. The number of para-hydroxylation sites is 1. The van der Waals surface area contributed by atoms with Gasteiger partial charge >= 0.3 is 5.97 Å². The SMILES string of the molecule is CC(C)=CCCC(C)CC=O.Cc1cccc(C(=O)O)c1N. The molecule has 0 aliphatic carbocycles. The fourth-order valence-electron chi connectivity index (χ4n) is 1.81. The summed E-state index contributed by atoms with van der Waals surface area (Å²) in [6.07, 6.45) is 6.17. The maximum atomic E-state index is 10.5. The number of anilines is 1. The molecule has 1 atom stereocenters. The number of aryl methyl sites for hydroxylation is 1. The molecule has 0 aromatic heterocycles. The highest BCUT2D eigenvalue weighted by Gasteiger charge is 2.07. The summed E-state index contributed by atoms with van der Waals surface area (Å²) in [7, 11) is 0. The van der Waals surface area contributed by atoms with E-state index in [1.54, 1.807) is 19.1 Å². The number of carboxylic acid groups (broad SMARTS) is 1. The van der Waals surface area contributed by atoms with E-state index in [9.17, 15) is 9.59 Å². The standard InChI is InChI=1S/C10H18O.C8H9NO2/c1-9(2)5-4-6-10(3)7-8-11;1-5-3-2-4-6(7(5)9)8(10)11/h5,8,10H,4,6-7H2,1-3H3;2-4H,9H2,1H3,(H,10,11). The second kappa shape index (κ2) is 10.6. The number of aldehydes is 1. The first-order valence-electron chi connectivity index (χ1n) is 7.45. The fourth-order valence-corrected chi connectivity index (χ4v) is 1.81. The Morgan fingerprint density at radius 2 is 2.00 bits per heavy atom. The number of hydrogen-bond acceptors (Lipinski definition) is 3. The van der Waals surface area contributed by atoms with E-state index in [0.29, 0.717) is 18.0 Å². The van der Waals surface area contributed by atoms with Crippen LogP contribution in [0.1, 0.15) is 56.0 Å². The highest BCUT2D eigenvalue weighted by Crippen LogP contribution is 2.15. The van der Waals surface area contributed by atoms with Crippen LogP contribution in [0.5, 0.6) is 0 Å². The molecule has 0 spiro atoms. The van der Waals surface area contributed by atoms with Crippen LogP contribution in [-0.2, 0) is 4.79 Å². The molecule has 0 aliphatic heterocycles. The minimum Gasteiger partial charge on any atom is -0.478 e. The summed E-state index contributed by atoms with van der Waals surface area (Å²) in [5, 5.41) is 8.61. The van der Waals surface area contributed by atoms with Gasteiger partial charge in [-0.05, 0) is 51.2 Å². The van der Waals surface area contributed by atoms with Crippen molar-refractivity contribution in [3.05, 3.63) is 41.0 Å². The van der Waals surface area contributed by atoms with Crippen LogP contribution in [0, 0.1) is 12.8 Å². The molecule has 0 saturated carbocycles. The molecule has 4 heteroatoms. The zero-order chi connectivity index (χ0) is 17.1. The van der Waals surface area contributed by atoms with Crippen LogP contribution in [-0.4, -0.2) is 17.4 Å². The van der Waals surface area contributed by atoms with E-state index in [0.717, 1.165) is 24.7 Å². The third-order valence-corrected chi connectivity index (χ3v) is 3.27. The van der Waals surface area contributed by atoms with Gasteiger partial charge in [-0.25, -0.2) is 4.79 Å². The number of aromatic carboxylic acids is 1. The number of nitrogen functional groups attached to an aromatic ring is 1. The summed E-state index contributed by atoms with van der Waals surface area (Å²) in [5.74, 6) is -0.436. The minimum atomic E-state index is -0.980. The number of allylic oxidation sites excluding steroid dienone is 2. The van der Waals surface area contributed by atoms with Gasteiger partial charge in [0.05, 0.1) is 5.56 Å². The summed E-state index contributed by atoms with van der Waals surface area (Å²) >= 11 is 0. The number of benzene rings is 1. The maximum absolute atomic E-state index is 10.5. The zero-order valence-electron chi connectivity index (χ0n) is 13.9. The van der Waals surface area contributed by atoms with Gasteiger partial charge in [0.25, 0.3) is 0 Å². The Bertz CT molecular complexity index is 517. The Morgan fingerprint density at radius 1 is 1.36 bits per heavy atom. The second-order valence-electron chi connectivity index (χ2n) is 5.71. The summed E-state index contributed by atoms with van der Waals surface area (Å²) < 4.78 is 0. The van der Waals surface area contributed by atoms with Crippen molar-refractivity contribution in [2.75, 3.05) is 5.73 Å². The average molecular weight is 305 g/mol. The molecule has 22 heavy (non-hydrogen) atoms. The summed E-state index contributed by atoms with van der Waals surface area (Å²) in [4.78, 5) is 20.6. The van der Waals surface area contributed by atoms with E-state index in [2.05, 4.69) is 26.8 Å². The number of carbonyl (C=O) groups excluding carboxylic acids is 1. The van der Waals surface area contributed by atoms with Crippen LogP contribution < -0.4 is 5.73 Å². The van der Waals surface area contributed by atoms with Gasteiger partial charge in [-0.15, -0.1) is 0 Å². The van der Waals surface area contributed by atoms with Crippen molar-refractivity contribution in [3.63, 3.8) is 0 Å². The molecule has 0 amide bonds. The first-order chi connectivity index (χ1) is 10.3. The summed E-state index contributed by atoms with van der Waals surface area (Å²) in [6.45, 7) is 8.10. The Hall–Kier alpha value is -2.10. The van der Waals surface area contributed by atoms with Gasteiger partial charge in [0.1, 0.15) is 6.29 Å². The van der Waals surface area contributed by atoms with Crippen LogP contribution >= 0.6 is 0 Å². The molecule has 1 aromatic carbocycles. The van der Waals surface area contributed by atoms with Crippen molar-refractivity contribution < 1.29 is 14.7 Å². The van der Waals surface area contributed by atoms with Crippen LogP contribution in [0.15, 0.2) is 29.8 Å². The summed E-state index contributed by atoms with van der Waals surface area (Å²) in [5.41, 5.74) is 8.18. The number of hydrogen-bond donors (Lipinski definition) is 2. The Labute approximate surface area is 133 Å². The lowest BCUT2D eigenvalue weighted by atomic mass is 10.0. The molecular weight excluding hydrogens is 278 g/mol. The number of carboxylic acids is 1. The Balaban J connectivity index is 0.000000401. The molecule has 1 rings (SSSR count). The first-order valence-corrected chi connectivity index (χ1v) is 7.45. The molecule has 0 heterocycles. The van der Waals surface area contributed by atoms with Crippen molar-refractivity contribution in [2.24, 2.45) is 5.92 Å². The third kappa shape index (κ3) is 8.25. The monoisotopic (exact) mass is 305 g/mol. The van der Waals surface area contributed by atoms with Gasteiger partial charge in [-0.2, -0.15) is 0 Å². The second-order valence-corrected chi connectivity index (χ2v) is 5.71. The maximum Gasteiger partial charge on any atom is 0.337 e. The quantitative estimate of drug-likeness (QED) is 0.468. The van der Waals surface area contributed by atoms with Crippen molar-refractivity contribution in [3.8, 4) is 0 Å². The summed E-state index contributed by atoms with van der Waals surface area (Å²) in [6, 6.07) is 4.95. The van der Waals surface area contributed by atoms with E-state index in [4.69, 9.17) is 10.8 Å². The van der Waals surface area contributed by atoms with Crippen molar-refractivity contribution >= 4 is 17.9 Å². The minimum absolute atomic E-state index is 0.171. The topological polar surface area (TPSA) is 80.4 Å². The molecule has 0 aliphatic rings. The van der Waals surface area contributed by atoms with Crippen LogP contribution in [0.25, 0.3) is 0 Å². The molecule has 0 fully saturated rings. The van der Waals surface area contributed by atoms with Crippen LogP contribution in [0.3, 0.4) is 0 Å². The van der Waals surface area contributed by atoms with E-state index in [1.165, 1.54) is 11.6 Å². The highest BCUT2D eigenvalue weighted by molar-refractivity contribution is 5.94. The molecule has 0 bridgehead atoms. The third-order valence-electron chi connectivity index (χ3n) is 3.27. The van der Waals surface area contributed by atoms with E-state index < -0.39 is 5.97 Å². The molecule has 4 nitrogen and oxygen atoms in total. The van der Waals surface area contributed by atoms with E-state index in [1.807, 2.05) is 0 Å². The molecule has 122 valence electrons. The molecule has 0 radical (unpaired) electrons. The number of carbonyl (C=O) groups is 2. The van der Waals surface area contributed by atoms with Crippen molar-refractivity contribution in [1.29, 1.82) is 0 Å². The highest BCUT2D eigenvalue weighted by atomic mass is 16.4. The van der Waals surface area contributed by atoms with Gasteiger partial charge < -0.3 is 15.6 Å². The van der Waals surface area contributed by atoms with Gasteiger partial charge in [0.2, 0.25) is 0 Å². The average Bonchev–Trinajstić information content (AvgIpc) is 2.42.